The van der Waals surface area contributed by atoms with E-state index in [0.29, 0.717) is 18.9 Å². The van der Waals surface area contributed by atoms with Crippen molar-refractivity contribution in [3.8, 4) is 5.75 Å². The Morgan fingerprint density at radius 3 is 2.83 bits per heavy atom. The molecule has 1 aliphatic heterocycles. The summed E-state index contributed by atoms with van der Waals surface area (Å²) in [6.45, 7) is 0.910. The lowest BCUT2D eigenvalue weighted by Crippen LogP contribution is -2.24. The van der Waals surface area contributed by atoms with Gasteiger partial charge in [0.15, 0.2) is 9.84 Å². The van der Waals surface area contributed by atoms with Crippen LogP contribution in [0.5, 0.6) is 5.75 Å². The molecule has 100 valence electrons. The minimum Gasteiger partial charge on any atom is -0.492 e. The maximum Gasteiger partial charge on any atom is 0.150 e. The van der Waals surface area contributed by atoms with Gasteiger partial charge >= 0.3 is 0 Å². The topological polar surface area (TPSA) is 69.4 Å². The van der Waals surface area contributed by atoms with Crippen molar-refractivity contribution >= 4 is 9.84 Å². The van der Waals surface area contributed by atoms with Crippen molar-refractivity contribution < 1.29 is 13.2 Å². The van der Waals surface area contributed by atoms with Crippen molar-refractivity contribution in [1.29, 1.82) is 0 Å². The number of hydrogen-bond acceptors (Lipinski definition) is 4. The maximum absolute atomic E-state index is 11.7. The largest absolute Gasteiger partial charge is 0.492 e. The molecule has 2 N–H and O–H groups in total. The van der Waals surface area contributed by atoms with Crippen molar-refractivity contribution in [2.24, 2.45) is 5.73 Å². The summed E-state index contributed by atoms with van der Waals surface area (Å²) in [7, 11) is -2.90. The van der Waals surface area contributed by atoms with Gasteiger partial charge in [-0.1, -0.05) is 18.2 Å². The van der Waals surface area contributed by atoms with E-state index in [2.05, 4.69) is 0 Å². The van der Waals surface area contributed by atoms with Gasteiger partial charge in [0, 0.05) is 12.5 Å². The van der Waals surface area contributed by atoms with E-state index in [9.17, 15) is 8.42 Å². The normalized spacial score (nSPS) is 22.6. The van der Waals surface area contributed by atoms with E-state index in [1.807, 2.05) is 24.3 Å². The van der Waals surface area contributed by atoms with Gasteiger partial charge < -0.3 is 10.5 Å². The molecule has 1 atom stereocenters. The van der Waals surface area contributed by atoms with Crippen molar-refractivity contribution in [2.75, 3.05) is 24.7 Å². The number of hydrogen-bond donors (Lipinski definition) is 1. The molecule has 1 aromatic carbocycles. The lowest BCUT2D eigenvalue weighted by atomic mass is 9.95. The van der Waals surface area contributed by atoms with Crippen LogP contribution in [0.4, 0.5) is 0 Å². The highest BCUT2D eigenvalue weighted by atomic mass is 32.2. The van der Waals surface area contributed by atoms with Crippen LogP contribution in [0.2, 0.25) is 0 Å². The third-order valence-electron chi connectivity index (χ3n) is 3.20. The SMILES string of the molecule is NCCOc1ccccc1C1CCCS(=O)(=O)C1. The second kappa shape index (κ2) is 5.71. The summed E-state index contributed by atoms with van der Waals surface area (Å²) >= 11 is 0. The van der Waals surface area contributed by atoms with Crippen molar-refractivity contribution in [1.82, 2.24) is 0 Å². The fourth-order valence-electron chi connectivity index (χ4n) is 2.39. The fraction of sp³-hybridized carbons (Fsp3) is 0.538. The summed E-state index contributed by atoms with van der Waals surface area (Å²) in [5.41, 5.74) is 6.42. The van der Waals surface area contributed by atoms with E-state index in [4.69, 9.17) is 10.5 Å². The highest BCUT2D eigenvalue weighted by molar-refractivity contribution is 7.91. The van der Waals surface area contributed by atoms with Gasteiger partial charge in [0.1, 0.15) is 12.4 Å². The van der Waals surface area contributed by atoms with Crippen LogP contribution in [0.1, 0.15) is 24.3 Å². The minimum absolute atomic E-state index is 0.0534. The highest BCUT2D eigenvalue weighted by Gasteiger charge is 2.27. The highest BCUT2D eigenvalue weighted by Crippen LogP contribution is 2.33. The van der Waals surface area contributed by atoms with E-state index in [0.717, 1.165) is 24.2 Å². The van der Waals surface area contributed by atoms with Crippen molar-refractivity contribution in [3.05, 3.63) is 29.8 Å². The Morgan fingerprint density at radius 2 is 2.11 bits per heavy atom. The molecule has 1 saturated heterocycles. The lowest BCUT2D eigenvalue weighted by molar-refractivity contribution is 0.322. The first-order valence-electron chi connectivity index (χ1n) is 6.24. The Hall–Kier alpha value is -1.07. The van der Waals surface area contributed by atoms with Crippen LogP contribution in [0.15, 0.2) is 24.3 Å². The number of ether oxygens (including phenoxy) is 1. The van der Waals surface area contributed by atoms with Crippen LogP contribution in [-0.2, 0) is 9.84 Å². The number of nitrogens with two attached hydrogens (primary N) is 1. The average Bonchev–Trinajstić information content (AvgIpc) is 2.35. The predicted octanol–water partition coefficient (Wildman–Crippen LogP) is 1.32. The standard InChI is InChI=1S/C13H19NO3S/c14-7-8-17-13-6-2-1-5-12(13)11-4-3-9-18(15,16)10-11/h1-2,5-6,11H,3-4,7-10,14H2. The summed E-state index contributed by atoms with van der Waals surface area (Å²) in [4.78, 5) is 0. The fourth-order valence-corrected chi connectivity index (χ4v) is 4.12. The van der Waals surface area contributed by atoms with Gasteiger partial charge in [-0.25, -0.2) is 8.42 Å². The van der Waals surface area contributed by atoms with Gasteiger partial charge in [0.2, 0.25) is 0 Å². The molecule has 5 heteroatoms. The van der Waals surface area contributed by atoms with E-state index in [1.54, 1.807) is 0 Å². The van der Waals surface area contributed by atoms with E-state index in [-0.39, 0.29) is 11.7 Å². The molecule has 1 fully saturated rings. The quantitative estimate of drug-likeness (QED) is 0.895. The first-order valence-corrected chi connectivity index (χ1v) is 8.07. The molecule has 0 radical (unpaired) electrons. The van der Waals surface area contributed by atoms with Crippen molar-refractivity contribution in [3.63, 3.8) is 0 Å². The molecule has 1 heterocycles. The number of para-hydroxylation sites is 1. The smallest absolute Gasteiger partial charge is 0.150 e. The van der Waals surface area contributed by atoms with Gasteiger partial charge in [-0.3, -0.25) is 0 Å². The number of rotatable bonds is 4. The van der Waals surface area contributed by atoms with E-state index in [1.165, 1.54) is 0 Å². The van der Waals surface area contributed by atoms with Crippen LogP contribution >= 0.6 is 0 Å². The van der Waals surface area contributed by atoms with Crippen LogP contribution in [0.3, 0.4) is 0 Å². The van der Waals surface area contributed by atoms with Crippen LogP contribution in [0, 0.1) is 0 Å². The van der Waals surface area contributed by atoms with Gasteiger partial charge in [-0.05, 0) is 24.5 Å². The molecule has 0 bridgehead atoms. The Kier molecular flexibility index (Phi) is 4.24. The zero-order valence-electron chi connectivity index (χ0n) is 10.3. The minimum atomic E-state index is -2.90. The summed E-state index contributed by atoms with van der Waals surface area (Å²) in [5.74, 6) is 1.37. The maximum atomic E-state index is 11.7. The molecular weight excluding hydrogens is 250 g/mol. The molecule has 0 aromatic heterocycles. The monoisotopic (exact) mass is 269 g/mol. The Morgan fingerprint density at radius 1 is 1.33 bits per heavy atom. The van der Waals surface area contributed by atoms with Crippen LogP contribution < -0.4 is 10.5 Å². The Labute approximate surface area is 108 Å². The zero-order valence-corrected chi connectivity index (χ0v) is 11.2. The third-order valence-corrected chi connectivity index (χ3v) is 5.02. The molecule has 18 heavy (non-hydrogen) atoms. The van der Waals surface area contributed by atoms with Gasteiger partial charge in [0.05, 0.1) is 11.5 Å². The molecule has 4 nitrogen and oxygen atoms in total. The van der Waals surface area contributed by atoms with E-state index >= 15 is 0 Å². The molecule has 0 amide bonds. The molecule has 1 unspecified atom stereocenters. The van der Waals surface area contributed by atoms with Gasteiger partial charge in [-0.15, -0.1) is 0 Å². The van der Waals surface area contributed by atoms with Crippen LogP contribution in [-0.4, -0.2) is 33.1 Å². The molecule has 0 spiro atoms. The van der Waals surface area contributed by atoms with Gasteiger partial charge in [-0.2, -0.15) is 0 Å². The molecule has 0 aliphatic carbocycles. The molecule has 1 aliphatic rings. The number of sulfone groups is 1. The summed E-state index contributed by atoms with van der Waals surface area (Å²) < 4.78 is 29.0. The average molecular weight is 269 g/mol. The Bertz CT molecular complexity index is 499. The van der Waals surface area contributed by atoms with Crippen LogP contribution in [0.25, 0.3) is 0 Å². The summed E-state index contributed by atoms with van der Waals surface area (Å²) in [5, 5.41) is 0. The first kappa shape index (κ1) is 13.4. The van der Waals surface area contributed by atoms with Gasteiger partial charge in [0.25, 0.3) is 0 Å². The third kappa shape index (κ3) is 3.23. The second-order valence-corrected chi connectivity index (χ2v) is 6.86. The summed E-state index contributed by atoms with van der Waals surface area (Å²) in [6, 6.07) is 7.65. The molecule has 2 rings (SSSR count). The number of benzene rings is 1. The molecule has 1 aromatic rings. The lowest BCUT2D eigenvalue weighted by Gasteiger charge is -2.24. The van der Waals surface area contributed by atoms with Crippen molar-refractivity contribution in [2.45, 2.75) is 18.8 Å². The molecule has 0 saturated carbocycles. The summed E-state index contributed by atoms with van der Waals surface area (Å²) in [6.07, 6.45) is 1.64. The zero-order chi connectivity index (χ0) is 13.0. The van der Waals surface area contributed by atoms with E-state index < -0.39 is 9.84 Å². The Balaban J connectivity index is 2.21. The predicted molar refractivity (Wildman–Crippen MR) is 71.6 cm³/mol. The second-order valence-electron chi connectivity index (χ2n) is 4.63. The first-order chi connectivity index (χ1) is 8.62. The molecular formula is C13H19NO3S.